The van der Waals surface area contributed by atoms with Gasteiger partial charge in [0.2, 0.25) is 0 Å². The predicted molar refractivity (Wildman–Crippen MR) is 84.6 cm³/mol. The molecule has 112 valence electrons. The van der Waals surface area contributed by atoms with Crippen LogP contribution in [0.5, 0.6) is 0 Å². The zero-order chi connectivity index (χ0) is 15.7. The van der Waals surface area contributed by atoms with Crippen molar-refractivity contribution in [1.29, 1.82) is 0 Å². The molecule has 0 fully saturated rings. The van der Waals surface area contributed by atoms with Crippen molar-refractivity contribution in [3.63, 3.8) is 0 Å². The molecule has 0 spiro atoms. The zero-order valence-electron chi connectivity index (χ0n) is 12.0. The second kappa shape index (κ2) is 5.95. The van der Waals surface area contributed by atoms with E-state index in [1.165, 1.54) is 4.68 Å². The van der Waals surface area contributed by atoms with E-state index in [0.29, 0.717) is 33.7 Å². The number of nitrogen functional groups attached to an aromatic ring is 1. The van der Waals surface area contributed by atoms with Crippen molar-refractivity contribution >= 4 is 34.8 Å². The van der Waals surface area contributed by atoms with Gasteiger partial charge in [0.1, 0.15) is 5.69 Å². The second-order valence-electron chi connectivity index (χ2n) is 4.91. The standard InChI is InChI=1S/C14H16Cl2N4O/c1-8-12(17)13(20(3)18-8)14(21)19(2)7-9-4-10(15)6-11(16)5-9/h4-6H,7,17H2,1-3H3. The van der Waals surface area contributed by atoms with Gasteiger partial charge in [-0.25, -0.2) is 0 Å². The van der Waals surface area contributed by atoms with Gasteiger partial charge in [0, 0.05) is 30.7 Å². The van der Waals surface area contributed by atoms with Crippen molar-refractivity contribution in [3.05, 3.63) is 45.2 Å². The second-order valence-corrected chi connectivity index (χ2v) is 5.78. The van der Waals surface area contributed by atoms with E-state index < -0.39 is 0 Å². The molecular weight excluding hydrogens is 311 g/mol. The van der Waals surface area contributed by atoms with Crippen molar-refractivity contribution < 1.29 is 4.79 Å². The molecule has 2 rings (SSSR count). The lowest BCUT2D eigenvalue weighted by molar-refractivity contribution is 0.0775. The molecule has 0 atom stereocenters. The summed E-state index contributed by atoms with van der Waals surface area (Å²) in [4.78, 5) is 14.0. The number of carbonyl (C=O) groups excluding carboxylic acids is 1. The number of benzene rings is 1. The number of nitrogens with zero attached hydrogens (tertiary/aromatic N) is 3. The van der Waals surface area contributed by atoms with Crippen LogP contribution in [0.3, 0.4) is 0 Å². The van der Waals surface area contributed by atoms with Crippen LogP contribution in [0.25, 0.3) is 0 Å². The maximum atomic E-state index is 12.5. The van der Waals surface area contributed by atoms with Crippen molar-refractivity contribution in [1.82, 2.24) is 14.7 Å². The lowest BCUT2D eigenvalue weighted by Gasteiger charge is -2.18. The lowest BCUT2D eigenvalue weighted by atomic mass is 10.2. The number of amides is 1. The average Bonchev–Trinajstić information content (AvgIpc) is 2.61. The predicted octanol–water partition coefficient (Wildman–Crippen LogP) is 2.89. The third kappa shape index (κ3) is 3.31. The molecule has 0 aliphatic carbocycles. The topological polar surface area (TPSA) is 64.2 Å². The number of hydrogen-bond acceptors (Lipinski definition) is 3. The smallest absolute Gasteiger partial charge is 0.274 e. The number of hydrogen-bond donors (Lipinski definition) is 1. The maximum Gasteiger partial charge on any atom is 0.274 e. The van der Waals surface area contributed by atoms with Gasteiger partial charge in [-0.05, 0) is 30.7 Å². The van der Waals surface area contributed by atoms with Crippen molar-refractivity contribution in [2.24, 2.45) is 7.05 Å². The molecule has 5 nitrogen and oxygen atoms in total. The molecular formula is C14H16Cl2N4O. The molecule has 0 saturated carbocycles. The van der Waals surface area contributed by atoms with E-state index in [-0.39, 0.29) is 5.91 Å². The molecule has 0 unspecified atom stereocenters. The third-order valence-corrected chi connectivity index (χ3v) is 3.60. The fourth-order valence-corrected chi connectivity index (χ4v) is 2.73. The molecule has 7 heteroatoms. The van der Waals surface area contributed by atoms with Gasteiger partial charge in [-0.15, -0.1) is 0 Å². The molecule has 0 bridgehead atoms. The van der Waals surface area contributed by atoms with Gasteiger partial charge in [0.05, 0.1) is 11.4 Å². The average molecular weight is 327 g/mol. The first-order chi connectivity index (χ1) is 9.79. The molecule has 0 radical (unpaired) electrons. The zero-order valence-corrected chi connectivity index (χ0v) is 13.5. The van der Waals surface area contributed by atoms with Gasteiger partial charge in [-0.3, -0.25) is 9.48 Å². The number of nitrogens with two attached hydrogens (primary N) is 1. The van der Waals surface area contributed by atoms with E-state index in [1.54, 1.807) is 44.1 Å². The Morgan fingerprint density at radius 2 is 1.90 bits per heavy atom. The molecule has 1 aromatic carbocycles. The highest BCUT2D eigenvalue weighted by atomic mass is 35.5. The molecule has 1 aromatic heterocycles. The Labute approximate surface area is 133 Å². The van der Waals surface area contributed by atoms with Gasteiger partial charge < -0.3 is 10.6 Å². The van der Waals surface area contributed by atoms with E-state index in [9.17, 15) is 4.79 Å². The number of carbonyl (C=O) groups is 1. The Morgan fingerprint density at radius 3 is 2.38 bits per heavy atom. The highest BCUT2D eigenvalue weighted by molar-refractivity contribution is 6.34. The largest absolute Gasteiger partial charge is 0.395 e. The van der Waals surface area contributed by atoms with Crippen LogP contribution in [0, 0.1) is 6.92 Å². The van der Waals surface area contributed by atoms with Crippen molar-refractivity contribution in [2.45, 2.75) is 13.5 Å². The monoisotopic (exact) mass is 326 g/mol. The number of halogens is 2. The van der Waals surface area contributed by atoms with Gasteiger partial charge >= 0.3 is 0 Å². The van der Waals surface area contributed by atoms with Crippen LogP contribution in [0.2, 0.25) is 10.0 Å². The highest BCUT2D eigenvalue weighted by Gasteiger charge is 2.21. The van der Waals surface area contributed by atoms with Gasteiger partial charge in [0.15, 0.2) is 0 Å². The van der Waals surface area contributed by atoms with Gasteiger partial charge in [-0.2, -0.15) is 5.10 Å². The quantitative estimate of drug-likeness (QED) is 0.943. The SMILES string of the molecule is Cc1nn(C)c(C(=O)N(C)Cc2cc(Cl)cc(Cl)c2)c1N. The van der Waals surface area contributed by atoms with E-state index in [2.05, 4.69) is 5.10 Å². The first-order valence-corrected chi connectivity index (χ1v) is 7.04. The summed E-state index contributed by atoms with van der Waals surface area (Å²) >= 11 is 11.9. The Bertz CT molecular complexity index is 676. The summed E-state index contributed by atoms with van der Waals surface area (Å²) in [5.41, 5.74) is 8.18. The maximum absolute atomic E-state index is 12.5. The summed E-state index contributed by atoms with van der Waals surface area (Å²) in [5, 5.41) is 5.22. The van der Waals surface area contributed by atoms with E-state index in [1.807, 2.05) is 0 Å². The van der Waals surface area contributed by atoms with Crippen LogP contribution in [0.4, 0.5) is 5.69 Å². The summed E-state index contributed by atoms with van der Waals surface area (Å²) in [6, 6.07) is 5.20. The molecule has 2 aromatic rings. The van der Waals surface area contributed by atoms with Crippen molar-refractivity contribution in [2.75, 3.05) is 12.8 Å². The Kier molecular flexibility index (Phi) is 4.44. The Balaban J connectivity index is 2.23. The molecule has 1 amide bonds. The van der Waals surface area contributed by atoms with E-state index in [0.717, 1.165) is 5.56 Å². The summed E-state index contributed by atoms with van der Waals surface area (Å²) in [7, 11) is 3.39. The Hall–Kier alpha value is -1.72. The summed E-state index contributed by atoms with van der Waals surface area (Å²) in [6.07, 6.45) is 0. The number of rotatable bonds is 3. The lowest BCUT2D eigenvalue weighted by Crippen LogP contribution is -2.28. The summed E-state index contributed by atoms with van der Waals surface area (Å²) < 4.78 is 1.49. The van der Waals surface area contributed by atoms with E-state index in [4.69, 9.17) is 28.9 Å². The fraction of sp³-hybridized carbons (Fsp3) is 0.286. The summed E-state index contributed by atoms with van der Waals surface area (Å²) in [6.45, 7) is 2.14. The van der Waals surface area contributed by atoms with Crippen LogP contribution >= 0.6 is 23.2 Å². The molecule has 21 heavy (non-hydrogen) atoms. The molecule has 0 aliphatic rings. The fourth-order valence-electron chi connectivity index (χ4n) is 2.16. The number of aryl methyl sites for hydroxylation is 2. The van der Waals surface area contributed by atoms with Gasteiger partial charge in [0.25, 0.3) is 5.91 Å². The van der Waals surface area contributed by atoms with Crippen molar-refractivity contribution in [3.8, 4) is 0 Å². The first kappa shape index (κ1) is 15.7. The third-order valence-electron chi connectivity index (χ3n) is 3.16. The minimum Gasteiger partial charge on any atom is -0.395 e. The molecule has 1 heterocycles. The highest BCUT2D eigenvalue weighted by Crippen LogP contribution is 2.22. The molecule has 0 saturated heterocycles. The normalized spacial score (nSPS) is 10.7. The number of aromatic nitrogens is 2. The summed E-state index contributed by atoms with van der Waals surface area (Å²) in [5.74, 6) is -0.202. The minimum atomic E-state index is -0.202. The molecule has 0 aliphatic heterocycles. The van der Waals surface area contributed by atoms with Crippen LogP contribution in [0.1, 0.15) is 21.7 Å². The van der Waals surface area contributed by atoms with Crippen LogP contribution in [-0.2, 0) is 13.6 Å². The van der Waals surface area contributed by atoms with Crippen LogP contribution in [0.15, 0.2) is 18.2 Å². The van der Waals surface area contributed by atoms with Crippen LogP contribution < -0.4 is 5.73 Å². The Morgan fingerprint density at radius 1 is 1.33 bits per heavy atom. The molecule has 2 N–H and O–H groups in total. The van der Waals surface area contributed by atoms with Crippen LogP contribution in [-0.4, -0.2) is 27.6 Å². The first-order valence-electron chi connectivity index (χ1n) is 6.29. The van der Waals surface area contributed by atoms with Gasteiger partial charge in [-0.1, -0.05) is 23.2 Å². The minimum absolute atomic E-state index is 0.202. The van der Waals surface area contributed by atoms with E-state index >= 15 is 0 Å². The number of anilines is 1.